The van der Waals surface area contributed by atoms with Crippen LogP contribution in [0.2, 0.25) is 0 Å². The van der Waals surface area contributed by atoms with Crippen molar-refractivity contribution in [3.8, 4) is 0 Å². The highest BCUT2D eigenvalue weighted by atomic mass is 32.2. The van der Waals surface area contributed by atoms with Gasteiger partial charge in [0.25, 0.3) is 0 Å². The molecular formula is C14H28N2O2S. The highest BCUT2D eigenvalue weighted by Gasteiger charge is 2.35. The van der Waals surface area contributed by atoms with Crippen molar-refractivity contribution < 1.29 is 8.42 Å². The highest BCUT2D eigenvalue weighted by Crippen LogP contribution is 2.30. The van der Waals surface area contributed by atoms with E-state index in [2.05, 4.69) is 11.8 Å². The second-order valence-electron chi connectivity index (χ2n) is 6.39. The zero-order valence-corrected chi connectivity index (χ0v) is 13.0. The summed E-state index contributed by atoms with van der Waals surface area (Å²) in [6.07, 6.45) is 7.43. The molecule has 19 heavy (non-hydrogen) atoms. The van der Waals surface area contributed by atoms with Crippen molar-refractivity contribution in [2.75, 3.05) is 19.3 Å². The van der Waals surface area contributed by atoms with Crippen LogP contribution in [0.4, 0.5) is 0 Å². The largest absolute Gasteiger partial charge is 0.327 e. The van der Waals surface area contributed by atoms with E-state index < -0.39 is 9.84 Å². The Kier molecular flexibility index (Phi) is 4.90. The van der Waals surface area contributed by atoms with E-state index in [0.717, 1.165) is 51.6 Å². The van der Waals surface area contributed by atoms with E-state index in [1.807, 2.05) is 0 Å². The van der Waals surface area contributed by atoms with Crippen molar-refractivity contribution in [3.63, 3.8) is 0 Å². The monoisotopic (exact) mass is 288 g/mol. The summed E-state index contributed by atoms with van der Waals surface area (Å²) in [5.41, 5.74) is 6.16. The molecule has 5 heteroatoms. The standard InChI is InChI=1S/C14H28N2O2S/c1-3-11-10-16(8-7-14(11)15)12-5-4-6-13(9-12)19(2,17)18/h11-14H,3-10,15H2,1-2H3. The van der Waals surface area contributed by atoms with E-state index in [4.69, 9.17) is 5.73 Å². The lowest BCUT2D eigenvalue weighted by atomic mass is 9.86. The zero-order chi connectivity index (χ0) is 14.0. The van der Waals surface area contributed by atoms with Crippen LogP contribution in [0, 0.1) is 5.92 Å². The Balaban J connectivity index is 1.98. The van der Waals surface area contributed by atoms with Crippen LogP contribution in [-0.4, -0.2) is 50.0 Å². The fraction of sp³-hybridized carbons (Fsp3) is 1.00. The summed E-state index contributed by atoms with van der Waals surface area (Å²) in [5.74, 6) is 0.576. The van der Waals surface area contributed by atoms with Gasteiger partial charge in [0.05, 0.1) is 5.25 Å². The van der Waals surface area contributed by atoms with E-state index in [-0.39, 0.29) is 5.25 Å². The SMILES string of the molecule is CCC1CN(C2CCCC(S(C)(=O)=O)C2)CCC1N. The molecule has 0 spiro atoms. The molecule has 2 N–H and O–H groups in total. The van der Waals surface area contributed by atoms with Gasteiger partial charge in [0.1, 0.15) is 9.84 Å². The number of hydrogen-bond donors (Lipinski definition) is 1. The zero-order valence-electron chi connectivity index (χ0n) is 12.2. The Morgan fingerprint density at radius 1 is 1.26 bits per heavy atom. The molecule has 0 aromatic heterocycles. The van der Waals surface area contributed by atoms with Gasteiger partial charge in [-0.05, 0) is 38.1 Å². The summed E-state index contributed by atoms with van der Waals surface area (Å²) in [4.78, 5) is 2.51. The van der Waals surface area contributed by atoms with Gasteiger partial charge in [-0.2, -0.15) is 0 Å². The Hall–Kier alpha value is -0.130. The minimum atomic E-state index is -2.88. The van der Waals surface area contributed by atoms with Gasteiger partial charge in [-0.25, -0.2) is 8.42 Å². The number of hydrogen-bond acceptors (Lipinski definition) is 4. The van der Waals surface area contributed by atoms with Crippen LogP contribution < -0.4 is 5.73 Å². The summed E-state index contributed by atoms with van der Waals surface area (Å²) >= 11 is 0. The van der Waals surface area contributed by atoms with Crippen molar-refractivity contribution in [3.05, 3.63) is 0 Å². The molecule has 1 aliphatic heterocycles. The number of rotatable bonds is 3. The summed E-state index contributed by atoms with van der Waals surface area (Å²) in [7, 11) is -2.88. The van der Waals surface area contributed by atoms with E-state index in [1.165, 1.54) is 6.26 Å². The van der Waals surface area contributed by atoms with Crippen molar-refractivity contribution in [1.29, 1.82) is 0 Å². The number of likely N-dealkylation sites (tertiary alicyclic amines) is 1. The molecule has 2 fully saturated rings. The number of piperidine rings is 1. The molecule has 4 nitrogen and oxygen atoms in total. The summed E-state index contributed by atoms with van der Waals surface area (Å²) < 4.78 is 23.5. The maximum atomic E-state index is 11.7. The lowest BCUT2D eigenvalue weighted by Gasteiger charge is -2.43. The second-order valence-corrected chi connectivity index (χ2v) is 8.71. The van der Waals surface area contributed by atoms with Crippen LogP contribution in [0.15, 0.2) is 0 Å². The number of nitrogens with zero attached hydrogens (tertiary/aromatic N) is 1. The lowest BCUT2D eigenvalue weighted by Crippen LogP contribution is -2.52. The van der Waals surface area contributed by atoms with Crippen LogP contribution in [0.5, 0.6) is 0 Å². The van der Waals surface area contributed by atoms with Crippen LogP contribution >= 0.6 is 0 Å². The maximum absolute atomic E-state index is 11.7. The van der Waals surface area contributed by atoms with Gasteiger partial charge in [0, 0.05) is 24.9 Å². The lowest BCUT2D eigenvalue weighted by molar-refractivity contribution is 0.0864. The van der Waals surface area contributed by atoms with E-state index in [1.54, 1.807) is 0 Å². The Morgan fingerprint density at radius 2 is 2.00 bits per heavy atom. The third kappa shape index (κ3) is 3.70. The second kappa shape index (κ2) is 6.10. The Labute approximate surface area is 117 Å². The molecule has 0 aromatic rings. The smallest absolute Gasteiger partial charge is 0.150 e. The molecule has 2 rings (SSSR count). The van der Waals surface area contributed by atoms with Gasteiger partial charge < -0.3 is 5.73 Å². The summed E-state index contributed by atoms with van der Waals surface area (Å²) in [6, 6.07) is 0.783. The quantitative estimate of drug-likeness (QED) is 0.852. The number of nitrogens with two attached hydrogens (primary N) is 1. The van der Waals surface area contributed by atoms with E-state index in [0.29, 0.717) is 18.0 Å². The first kappa shape index (κ1) is 15.3. The van der Waals surface area contributed by atoms with Crippen molar-refractivity contribution in [2.24, 2.45) is 11.7 Å². The average molecular weight is 288 g/mol. The van der Waals surface area contributed by atoms with Crippen molar-refractivity contribution in [1.82, 2.24) is 4.90 Å². The molecule has 1 aliphatic carbocycles. The molecule has 112 valence electrons. The third-order valence-corrected chi connectivity index (χ3v) is 6.71. The molecule has 0 aromatic carbocycles. The average Bonchev–Trinajstić information content (AvgIpc) is 2.38. The molecule has 0 bridgehead atoms. The highest BCUT2D eigenvalue weighted by molar-refractivity contribution is 7.91. The first-order valence-corrected chi connectivity index (χ1v) is 9.55. The van der Waals surface area contributed by atoms with Crippen LogP contribution in [0.25, 0.3) is 0 Å². The Morgan fingerprint density at radius 3 is 2.63 bits per heavy atom. The molecule has 1 saturated carbocycles. The molecule has 1 heterocycles. The normalized spacial score (nSPS) is 38.3. The summed E-state index contributed by atoms with van der Waals surface area (Å²) in [5, 5.41) is -0.123. The first-order chi connectivity index (χ1) is 8.91. The summed E-state index contributed by atoms with van der Waals surface area (Å²) in [6.45, 7) is 4.30. The van der Waals surface area contributed by atoms with Gasteiger partial charge in [-0.15, -0.1) is 0 Å². The molecule has 4 atom stereocenters. The molecule has 0 amide bonds. The van der Waals surface area contributed by atoms with Crippen LogP contribution in [0.1, 0.15) is 45.4 Å². The predicted molar refractivity (Wildman–Crippen MR) is 78.8 cm³/mol. The van der Waals surface area contributed by atoms with Gasteiger partial charge in [-0.1, -0.05) is 19.8 Å². The minimum Gasteiger partial charge on any atom is -0.327 e. The van der Waals surface area contributed by atoms with Crippen molar-refractivity contribution in [2.45, 2.75) is 62.8 Å². The molecular weight excluding hydrogens is 260 g/mol. The minimum absolute atomic E-state index is 0.123. The predicted octanol–water partition coefficient (Wildman–Crippen LogP) is 1.40. The van der Waals surface area contributed by atoms with Gasteiger partial charge in [0.15, 0.2) is 0 Å². The third-order valence-electron chi connectivity index (χ3n) is 5.07. The first-order valence-electron chi connectivity index (χ1n) is 7.60. The van der Waals surface area contributed by atoms with Crippen molar-refractivity contribution >= 4 is 9.84 Å². The number of sulfone groups is 1. The fourth-order valence-corrected chi connectivity index (χ4v) is 4.85. The Bertz CT molecular complexity index is 396. The van der Waals surface area contributed by atoms with E-state index in [9.17, 15) is 8.42 Å². The fourth-order valence-electron chi connectivity index (χ4n) is 3.68. The molecule has 0 radical (unpaired) electrons. The molecule has 4 unspecified atom stereocenters. The van der Waals surface area contributed by atoms with Gasteiger partial charge >= 0.3 is 0 Å². The van der Waals surface area contributed by atoms with E-state index >= 15 is 0 Å². The topological polar surface area (TPSA) is 63.4 Å². The molecule has 2 aliphatic rings. The van der Waals surface area contributed by atoms with Crippen LogP contribution in [0.3, 0.4) is 0 Å². The van der Waals surface area contributed by atoms with Gasteiger partial charge in [0.2, 0.25) is 0 Å². The van der Waals surface area contributed by atoms with Crippen LogP contribution in [-0.2, 0) is 9.84 Å². The maximum Gasteiger partial charge on any atom is 0.150 e. The van der Waals surface area contributed by atoms with Gasteiger partial charge in [-0.3, -0.25) is 4.90 Å². The molecule has 1 saturated heterocycles.